The summed E-state index contributed by atoms with van der Waals surface area (Å²) >= 11 is 0. The highest BCUT2D eigenvalue weighted by Gasteiger charge is 2.40. The molecule has 9 heteroatoms. The monoisotopic (exact) mass is 214 g/mol. The van der Waals surface area contributed by atoms with Crippen molar-refractivity contribution in [3.63, 3.8) is 0 Å². The van der Waals surface area contributed by atoms with Gasteiger partial charge >= 0.3 is 13.6 Å². The number of aliphatic hydroxyl groups excluding tert-OH is 2. The fourth-order valence-electron chi connectivity index (χ4n) is 0.446. The van der Waals surface area contributed by atoms with Gasteiger partial charge in [0.2, 0.25) is 0 Å². The number of Topliss-reactive ketones (excluding diaryl/α,β-unsaturated/α-hetero) is 1. The molecule has 0 aromatic rings. The van der Waals surface area contributed by atoms with Gasteiger partial charge in [-0.25, -0.2) is 4.79 Å². The molecule has 76 valence electrons. The van der Waals surface area contributed by atoms with E-state index in [0.717, 1.165) is 0 Å². The van der Waals surface area contributed by atoms with E-state index in [1.165, 1.54) is 0 Å². The lowest BCUT2D eigenvalue weighted by Crippen LogP contribution is -2.38. The van der Waals surface area contributed by atoms with Crippen molar-refractivity contribution < 1.29 is 39.3 Å². The first-order valence-electron chi connectivity index (χ1n) is 2.86. The van der Waals surface area contributed by atoms with E-state index >= 15 is 0 Å². The topological polar surface area (TPSA) is 152 Å². The van der Waals surface area contributed by atoms with Crippen LogP contribution < -0.4 is 0 Å². The SMILES string of the molecule is O=C(O)C(=O)C(O)C(O)P(=O)(O)O. The molecule has 0 heterocycles. The molecular weight excluding hydrogens is 207 g/mol. The molecule has 2 atom stereocenters. The summed E-state index contributed by atoms with van der Waals surface area (Å²) in [6, 6.07) is 0. The highest BCUT2D eigenvalue weighted by atomic mass is 31.2. The van der Waals surface area contributed by atoms with E-state index in [0.29, 0.717) is 0 Å². The van der Waals surface area contributed by atoms with Gasteiger partial charge in [0.25, 0.3) is 5.78 Å². The molecule has 13 heavy (non-hydrogen) atoms. The maximum atomic E-state index is 10.4. The number of carboxylic acid groups (broad SMARTS) is 1. The lowest BCUT2D eigenvalue weighted by molar-refractivity contribution is -0.155. The molecule has 0 aliphatic heterocycles. The quantitative estimate of drug-likeness (QED) is 0.254. The van der Waals surface area contributed by atoms with Crippen molar-refractivity contribution in [3.05, 3.63) is 0 Å². The normalized spacial score (nSPS) is 16.3. The van der Waals surface area contributed by atoms with E-state index in [1.807, 2.05) is 0 Å². The van der Waals surface area contributed by atoms with Crippen LogP contribution in [0.1, 0.15) is 0 Å². The Hall–Kier alpha value is -0.790. The molecule has 0 aromatic carbocycles. The highest BCUT2D eigenvalue weighted by molar-refractivity contribution is 7.52. The standard InChI is InChI=1S/C4H7O8P/c5-1(3(7)8)2(6)4(9)13(10,11)12/h2,4,6,9H,(H,7,8)(H2,10,11,12). The average Bonchev–Trinajstić information content (AvgIpc) is 1.98. The highest BCUT2D eigenvalue weighted by Crippen LogP contribution is 2.41. The maximum absolute atomic E-state index is 10.4. The summed E-state index contributed by atoms with van der Waals surface area (Å²) in [5.74, 6) is -6.67. The van der Waals surface area contributed by atoms with Crippen LogP contribution >= 0.6 is 7.60 Å². The van der Waals surface area contributed by atoms with E-state index in [1.54, 1.807) is 0 Å². The Balaban J connectivity index is 4.62. The van der Waals surface area contributed by atoms with Gasteiger partial charge in [0, 0.05) is 0 Å². The van der Waals surface area contributed by atoms with Gasteiger partial charge in [0.05, 0.1) is 0 Å². The van der Waals surface area contributed by atoms with Crippen molar-refractivity contribution in [1.29, 1.82) is 0 Å². The predicted octanol–water partition coefficient (Wildman–Crippen LogP) is -2.50. The Bertz CT molecular complexity index is 265. The maximum Gasteiger partial charge on any atom is 0.375 e. The van der Waals surface area contributed by atoms with Gasteiger partial charge in [-0.15, -0.1) is 0 Å². The first-order chi connectivity index (χ1) is 5.68. The molecule has 0 bridgehead atoms. The molecular formula is C4H7O8P. The molecule has 0 amide bonds. The van der Waals surface area contributed by atoms with Crippen molar-refractivity contribution in [2.75, 3.05) is 0 Å². The van der Waals surface area contributed by atoms with Crippen molar-refractivity contribution in [2.45, 2.75) is 11.9 Å². The van der Waals surface area contributed by atoms with Gasteiger partial charge in [0.1, 0.15) is 0 Å². The third-order valence-electron chi connectivity index (χ3n) is 1.11. The third kappa shape index (κ3) is 3.21. The smallest absolute Gasteiger partial charge is 0.375 e. The van der Waals surface area contributed by atoms with Crippen molar-refractivity contribution in [3.8, 4) is 0 Å². The van der Waals surface area contributed by atoms with Gasteiger partial charge in [-0.2, -0.15) is 0 Å². The number of hydrogen-bond donors (Lipinski definition) is 5. The summed E-state index contributed by atoms with van der Waals surface area (Å²) < 4.78 is 10.2. The van der Waals surface area contributed by atoms with E-state index < -0.39 is 31.3 Å². The summed E-state index contributed by atoms with van der Waals surface area (Å²) in [5, 5.41) is 25.2. The summed E-state index contributed by atoms with van der Waals surface area (Å²) in [5.41, 5.74) is 0. The molecule has 0 aliphatic carbocycles. The second-order valence-corrected chi connectivity index (χ2v) is 3.82. The van der Waals surface area contributed by atoms with Gasteiger partial charge in [0.15, 0.2) is 11.9 Å². The zero-order valence-electron chi connectivity index (χ0n) is 6.06. The van der Waals surface area contributed by atoms with Crippen molar-refractivity contribution >= 4 is 19.3 Å². The molecule has 0 spiro atoms. The number of carbonyl (C=O) groups is 2. The van der Waals surface area contributed by atoms with Crippen molar-refractivity contribution in [1.82, 2.24) is 0 Å². The largest absolute Gasteiger partial charge is 0.475 e. The summed E-state index contributed by atoms with van der Waals surface area (Å²) in [7, 11) is -5.09. The zero-order chi connectivity index (χ0) is 10.8. The van der Waals surface area contributed by atoms with Crippen LogP contribution in [-0.2, 0) is 14.2 Å². The van der Waals surface area contributed by atoms with Crippen LogP contribution in [0.5, 0.6) is 0 Å². The molecule has 2 unspecified atom stereocenters. The van der Waals surface area contributed by atoms with Crippen LogP contribution in [0.4, 0.5) is 0 Å². The number of aliphatic carboxylic acids is 1. The molecule has 5 N–H and O–H groups in total. The van der Waals surface area contributed by atoms with Gasteiger partial charge in [-0.1, -0.05) is 0 Å². The lowest BCUT2D eigenvalue weighted by atomic mass is 10.2. The van der Waals surface area contributed by atoms with E-state index in [-0.39, 0.29) is 0 Å². The van der Waals surface area contributed by atoms with Crippen LogP contribution in [0.3, 0.4) is 0 Å². The van der Waals surface area contributed by atoms with Crippen LogP contribution in [0.15, 0.2) is 0 Å². The van der Waals surface area contributed by atoms with Crippen LogP contribution in [0.2, 0.25) is 0 Å². The Morgan fingerprint density at radius 2 is 1.54 bits per heavy atom. The first kappa shape index (κ1) is 12.2. The minimum Gasteiger partial charge on any atom is -0.475 e. The average molecular weight is 214 g/mol. The Morgan fingerprint density at radius 3 is 1.77 bits per heavy atom. The number of rotatable bonds is 4. The van der Waals surface area contributed by atoms with E-state index in [4.69, 9.17) is 25.1 Å². The molecule has 0 rings (SSSR count). The Kier molecular flexibility index (Phi) is 3.71. The first-order valence-corrected chi connectivity index (χ1v) is 4.54. The van der Waals surface area contributed by atoms with Gasteiger partial charge in [-0.05, 0) is 0 Å². The second kappa shape index (κ2) is 3.95. The second-order valence-electron chi connectivity index (χ2n) is 2.12. The summed E-state index contributed by atoms with van der Waals surface area (Å²) in [6.07, 6.45) is -2.63. The number of aliphatic hydroxyl groups is 2. The molecule has 0 aromatic heterocycles. The summed E-state index contributed by atoms with van der Waals surface area (Å²) in [4.78, 5) is 36.8. The predicted molar refractivity (Wildman–Crippen MR) is 36.7 cm³/mol. The number of carboxylic acids is 1. The molecule has 0 radical (unpaired) electrons. The van der Waals surface area contributed by atoms with Crippen LogP contribution in [0, 0.1) is 0 Å². The Labute approximate surface area is 71.6 Å². The van der Waals surface area contributed by atoms with E-state index in [9.17, 15) is 14.2 Å². The molecule has 0 fully saturated rings. The molecule has 0 saturated heterocycles. The minimum atomic E-state index is -5.09. The fourth-order valence-corrected chi connectivity index (χ4v) is 0.949. The molecule has 8 nitrogen and oxygen atoms in total. The number of ketones is 1. The number of hydrogen-bond acceptors (Lipinski definition) is 5. The van der Waals surface area contributed by atoms with Gasteiger partial charge in [-0.3, -0.25) is 9.36 Å². The van der Waals surface area contributed by atoms with Crippen LogP contribution in [-0.4, -0.2) is 48.8 Å². The number of carbonyl (C=O) groups excluding carboxylic acids is 1. The lowest BCUT2D eigenvalue weighted by Gasteiger charge is -2.15. The molecule has 0 aliphatic rings. The Morgan fingerprint density at radius 1 is 1.15 bits per heavy atom. The van der Waals surface area contributed by atoms with E-state index in [2.05, 4.69) is 0 Å². The molecule has 0 saturated carbocycles. The summed E-state index contributed by atoms with van der Waals surface area (Å²) in [6.45, 7) is 0. The fraction of sp³-hybridized carbons (Fsp3) is 0.500. The third-order valence-corrected chi connectivity index (χ3v) is 2.08. The van der Waals surface area contributed by atoms with Crippen molar-refractivity contribution in [2.24, 2.45) is 0 Å². The van der Waals surface area contributed by atoms with Gasteiger partial charge < -0.3 is 25.1 Å². The van der Waals surface area contributed by atoms with Crippen LogP contribution in [0.25, 0.3) is 0 Å². The zero-order valence-corrected chi connectivity index (χ0v) is 6.96. The minimum absolute atomic E-state index is 1.88.